The van der Waals surface area contributed by atoms with E-state index in [9.17, 15) is 4.39 Å². The van der Waals surface area contributed by atoms with Crippen LogP contribution in [0.2, 0.25) is 0 Å². The Morgan fingerprint density at radius 1 is 1.06 bits per heavy atom. The van der Waals surface area contributed by atoms with Crippen molar-refractivity contribution in [3.05, 3.63) is 83.5 Å². The Balaban J connectivity index is 2.44. The van der Waals surface area contributed by atoms with Gasteiger partial charge >= 0.3 is 0 Å². The van der Waals surface area contributed by atoms with Crippen LogP contribution in [-0.2, 0) is 0 Å². The van der Waals surface area contributed by atoms with Gasteiger partial charge in [-0.3, -0.25) is 0 Å². The van der Waals surface area contributed by atoms with Crippen molar-refractivity contribution in [2.24, 2.45) is 0 Å². The molecule has 0 heterocycles. The van der Waals surface area contributed by atoms with Crippen LogP contribution in [0.15, 0.2) is 55.1 Å². The first-order valence-electron chi connectivity index (χ1n) is 5.14. The van der Waals surface area contributed by atoms with Gasteiger partial charge in [-0.15, -0.1) is 0 Å². The van der Waals surface area contributed by atoms with Gasteiger partial charge in [-0.1, -0.05) is 43.0 Å². The fourth-order valence-electron chi connectivity index (χ4n) is 1.63. The van der Waals surface area contributed by atoms with Crippen molar-refractivity contribution in [2.75, 3.05) is 0 Å². The predicted octanol–water partition coefficient (Wildman–Crippen LogP) is 4.44. The van der Waals surface area contributed by atoms with Crippen LogP contribution >= 0.6 is 0 Å². The lowest BCUT2D eigenvalue weighted by Gasteiger charge is -2.08. The van der Waals surface area contributed by atoms with Gasteiger partial charge in [0, 0.05) is 0 Å². The van der Waals surface area contributed by atoms with Gasteiger partial charge in [0.1, 0.15) is 5.82 Å². The summed E-state index contributed by atoms with van der Waals surface area (Å²) in [5, 5.41) is 0. The van der Waals surface area contributed by atoms with E-state index in [-0.39, 0.29) is 5.82 Å². The highest BCUT2D eigenvalue weighted by Gasteiger charge is 2.07. The Morgan fingerprint density at radius 3 is 2.35 bits per heavy atom. The highest BCUT2D eigenvalue weighted by molar-refractivity contribution is 5.85. The van der Waals surface area contributed by atoms with Crippen LogP contribution < -0.4 is 0 Å². The molecule has 0 aliphatic heterocycles. The van der Waals surface area contributed by atoms with Crippen molar-refractivity contribution in [3.63, 3.8) is 0 Å². The summed E-state index contributed by atoms with van der Waals surface area (Å²) in [6.45, 7) is 11.1. The topological polar surface area (TPSA) is 4.36 Å². The maximum atomic E-state index is 12.8. The molecular weight excluding hydrogens is 213 g/mol. The highest BCUT2D eigenvalue weighted by Crippen LogP contribution is 2.29. The molecule has 0 saturated carbocycles. The van der Waals surface area contributed by atoms with E-state index < -0.39 is 0 Å². The molecule has 0 saturated heterocycles. The molecule has 2 heteroatoms. The Bertz CT molecular complexity index is 591. The Hall–Kier alpha value is -2.40. The van der Waals surface area contributed by atoms with E-state index in [0.29, 0.717) is 5.69 Å². The molecular formula is C15H10FN. The molecule has 2 aromatic carbocycles. The van der Waals surface area contributed by atoms with Gasteiger partial charge in [0.15, 0.2) is 5.69 Å². The van der Waals surface area contributed by atoms with E-state index in [1.54, 1.807) is 18.2 Å². The van der Waals surface area contributed by atoms with Crippen molar-refractivity contribution in [1.29, 1.82) is 0 Å². The van der Waals surface area contributed by atoms with E-state index >= 15 is 0 Å². The standard InChI is InChI=1S/C15H10FN/c1-11(12-7-9-13(16)10-8-12)14-5-3-4-6-15(14)17-2/h3-10H,1H2. The zero-order valence-corrected chi connectivity index (χ0v) is 9.15. The third kappa shape index (κ3) is 2.24. The van der Waals surface area contributed by atoms with E-state index in [1.165, 1.54) is 12.1 Å². The zero-order chi connectivity index (χ0) is 12.3. The summed E-state index contributed by atoms with van der Waals surface area (Å²) in [5.74, 6) is -0.278. The summed E-state index contributed by atoms with van der Waals surface area (Å²) < 4.78 is 12.8. The number of benzene rings is 2. The summed E-state index contributed by atoms with van der Waals surface area (Å²) in [5.41, 5.74) is 2.90. The van der Waals surface area contributed by atoms with Crippen LogP contribution in [0.4, 0.5) is 10.1 Å². The van der Waals surface area contributed by atoms with Crippen LogP contribution in [-0.4, -0.2) is 0 Å². The number of nitrogens with zero attached hydrogens (tertiary/aromatic N) is 1. The summed E-state index contributed by atoms with van der Waals surface area (Å²) >= 11 is 0. The molecule has 82 valence electrons. The number of hydrogen-bond donors (Lipinski definition) is 0. The van der Waals surface area contributed by atoms with Gasteiger partial charge < -0.3 is 0 Å². The normalized spacial score (nSPS) is 9.65. The van der Waals surface area contributed by atoms with Crippen molar-refractivity contribution in [2.45, 2.75) is 0 Å². The minimum Gasteiger partial charge on any atom is -0.238 e. The Labute approximate surface area is 99.7 Å². The van der Waals surface area contributed by atoms with Crippen molar-refractivity contribution < 1.29 is 4.39 Å². The van der Waals surface area contributed by atoms with Crippen LogP contribution in [0.25, 0.3) is 10.4 Å². The number of rotatable bonds is 2. The second-order valence-corrected chi connectivity index (χ2v) is 3.61. The van der Waals surface area contributed by atoms with Crippen LogP contribution in [0.5, 0.6) is 0 Å². The molecule has 0 aliphatic rings. The average Bonchev–Trinajstić information content (AvgIpc) is 2.39. The van der Waals surface area contributed by atoms with Gasteiger partial charge in [-0.2, -0.15) is 0 Å². The number of para-hydroxylation sites is 1. The van der Waals surface area contributed by atoms with Gasteiger partial charge in [-0.05, 0) is 28.8 Å². The first-order chi connectivity index (χ1) is 8.22. The molecule has 17 heavy (non-hydrogen) atoms. The third-order valence-corrected chi connectivity index (χ3v) is 2.54. The monoisotopic (exact) mass is 223 g/mol. The first kappa shape index (κ1) is 11.1. The molecule has 0 radical (unpaired) electrons. The second-order valence-electron chi connectivity index (χ2n) is 3.61. The molecule has 0 fully saturated rings. The molecule has 2 rings (SSSR count). The molecule has 2 aromatic rings. The second kappa shape index (κ2) is 4.63. The lowest BCUT2D eigenvalue weighted by atomic mass is 9.98. The van der Waals surface area contributed by atoms with E-state index in [2.05, 4.69) is 11.4 Å². The van der Waals surface area contributed by atoms with Gasteiger partial charge in [-0.25, -0.2) is 9.24 Å². The van der Waals surface area contributed by atoms with Crippen molar-refractivity contribution in [3.8, 4) is 0 Å². The summed E-state index contributed by atoms with van der Waals surface area (Å²) in [7, 11) is 0. The van der Waals surface area contributed by atoms with E-state index in [1.807, 2.05) is 18.2 Å². The molecule has 0 spiro atoms. The molecule has 0 N–H and O–H groups in total. The van der Waals surface area contributed by atoms with Gasteiger partial charge in [0.05, 0.1) is 6.57 Å². The lowest BCUT2D eigenvalue weighted by molar-refractivity contribution is 0.627. The first-order valence-corrected chi connectivity index (χ1v) is 5.14. The predicted molar refractivity (Wildman–Crippen MR) is 67.2 cm³/mol. The Kier molecular flexibility index (Phi) is 3.02. The zero-order valence-electron chi connectivity index (χ0n) is 9.15. The fourth-order valence-corrected chi connectivity index (χ4v) is 1.63. The molecule has 0 aromatic heterocycles. The van der Waals surface area contributed by atoms with Gasteiger partial charge in [0.2, 0.25) is 0 Å². The van der Waals surface area contributed by atoms with Gasteiger partial charge in [0.25, 0.3) is 0 Å². The molecule has 0 atom stereocenters. The fraction of sp³-hybridized carbons (Fsp3) is 0. The van der Waals surface area contributed by atoms with Crippen molar-refractivity contribution in [1.82, 2.24) is 0 Å². The molecule has 0 amide bonds. The highest BCUT2D eigenvalue weighted by atomic mass is 19.1. The van der Waals surface area contributed by atoms with Crippen LogP contribution in [0, 0.1) is 12.4 Å². The number of hydrogen-bond acceptors (Lipinski definition) is 0. The van der Waals surface area contributed by atoms with Crippen LogP contribution in [0.1, 0.15) is 11.1 Å². The SMILES string of the molecule is [C-]#[N+]c1ccccc1C(=C)c1ccc(F)cc1. The molecule has 0 unspecified atom stereocenters. The maximum absolute atomic E-state index is 12.8. The largest absolute Gasteiger partial charge is 0.238 e. The van der Waals surface area contributed by atoms with Crippen LogP contribution in [0.3, 0.4) is 0 Å². The Morgan fingerprint density at radius 2 is 1.71 bits per heavy atom. The minimum atomic E-state index is -0.278. The minimum absolute atomic E-state index is 0.278. The number of halogens is 1. The summed E-state index contributed by atoms with van der Waals surface area (Å²) in [6, 6.07) is 13.4. The molecule has 0 bridgehead atoms. The third-order valence-electron chi connectivity index (χ3n) is 2.54. The summed E-state index contributed by atoms with van der Waals surface area (Å²) in [6.07, 6.45) is 0. The molecule has 0 aliphatic carbocycles. The lowest BCUT2D eigenvalue weighted by Crippen LogP contribution is -1.86. The van der Waals surface area contributed by atoms with E-state index in [0.717, 1.165) is 16.7 Å². The smallest absolute Gasteiger partial charge is 0.194 e. The molecule has 1 nitrogen and oxygen atoms in total. The van der Waals surface area contributed by atoms with E-state index in [4.69, 9.17) is 6.57 Å². The quantitative estimate of drug-likeness (QED) is 0.663. The maximum Gasteiger partial charge on any atom is 0.194 e. The summed E-state index contributed by atoms with van der Waals surface area (Å²) in [4.78, 5) is 3.45. The average molecular weight is 223 g/mol. The van der Waals surface area contributed by atoms with Crippen molar-refractivity contribution >= 4 is 11.3 Å².